The highest BCUT2D eigenvalue weighted by atomic mass is 127. The summed E-state index contributed by atoms with van der Waals surface area (Å²) in [6.07, 6.45) is 0. The maximum Gasteiger partial charge on any atom is 0.119 e. The fraction of sp³-hybridized carbons (Fsp3) is 0.400. The topological polar surface area (TPSA) is 9.23 Å². The molecule has 0 aliphatic heterocycles. The van der Waals surface area contributed by atoms with Gasteiger partial charge in [-0.05, 0) is 52.3 Å². The quantitative estimate of drug-likeness (QED) is 0.752. The van der Waals surface area contributed by atoms with Crippen LogP contribution < -0.4 is 4.74 Å². The fourth-order valence-corrected chi connectivity index (χ4v) is 2.05. The molecule has 0 unspecified atom stereocenters. The molecule has 0 N–H and O–H groups in total. The molecule has 0 aliphatic carbocycles. The van der Waals surface area contributed by atoms with Crippen LogP contribution in [0.1, 0.15) is 25.3 Å². The average molecular weight is 276 g/mol. The normalized spacial score (nSPS) is 10.4. The molecule has 1 aromatic carbocycles. The minimum atomic E-state index is 0.562. The molecular formula is C10H13IO. The molecule has 0 saturated heterocycles. The van der Waals surface area contributed by atoms with Crippen molar-refractivity contribution in [1.29, 1.82) is 0 Å². The molecule has 66 valence electrons. The Hall–Kier alpha value is -0.250. The summed E-state index contributed by atoms with van der Waals surface area (Å²) in [6.45, 7) is 4.38. The lowest BCUT2D eigenvalue weighted by Gasteiger charge is -2.09. The standard InChI is InChI=1S/C10H13IO/c1-7(2)9-6-8(12-3)4-5-10(9)11/h4-7H,1-3H3. The van der Waals surface area contributed by atoms with E-state index in [4.69, 9.17) is 4.74 Å². The number of benzene rings is 1. The van der Waals surface area contributed by atoms with Crippen molar-refractivity contribution in [3.63, 3.8) is 0 Å². The van der Waals surface area contributed by atoms with Gasteiger partial charge in [0.25, 0.3) is 0 Å². The molecule has 1 aromatic rings. The van der Waals surface area contributed by atoms with Crippen LogP contribution in [0.5, 0.6) is 5.75 Å². The number of hydrogen-bond acceptors (Lipinski definition) is 1. The van der Waals surface area contributed by atoms with Crippen LogP contribution in [-0.4, -0.2) is 7.11 Å². The van der Waals surface area contributed by atoms with Crippen molar-refractivity contribution in [1.82, 2.24) is 0 Å². The first-order chi connectivity index (χ1) is 5.65. The molecule has 0 atom stereocenters. The highest BCUT2D eigenvalue weighted by Gasteiger charge is 2.05. The first-order valence-corrected chi connectivity index (χ1v) is 5.06. The van der Waals surface area contributed by atoms with Gasteiger partial charge in [-0.1, -0.05) is 13.8 Å². The third kappa shape index (κ3) is 2.12. The Kier molecular flexibility index (Phi) is 3.38. The summed E-state index contributed by atoms with van der Waals surface area (Å²) in [7, 11) is 1.70. The van der Waals surface area contributed by atoms with E-state index in [9.17, 15) is 0 Å². The summed E-state index contributed by atoms with van der Waals surface area (Å²) in [4.78, 5) is 0. The second-order valence-corrected chi connectivity index (χ2v) is 4.20. The minimum absolute atomic E-state index is 0.562. The van der Waals surface area contributed by atoms with E-state index in [2.05, 4.69) is 48.6 Å². The number of ether oxygens (including phenoxy) is 1. The lowest BCUT2D eigenvalue weighted by Crippen LogP contribution is -1.93. The SMILES string of the molecule is COc1ccc(I)c(C(C)C)c1. The van der Waals surface area contributed by atoms with Crippen molar-refractivity contribution >= 4 is 22.6 Å². The van der Waals surface area contributed by atoms with E-state index in [1.165, 1.54) is 9.13 Å². The Bertz CT molecular complexity index is 269. The van der Waals surface area contributed by atoms with Crippen molar-refractivity contribution < 1.29 is 4.74 Å². The van der Waals surface area contributed by atoms with Gasteiger partial charge in [-0.25, -0.2) is 0 Å². The van der Waals surface area contributed by atoms with E-state index in [1.807, 2.05) is 6.07 Å². The van der Waals surface area contributed by atoms with Gasteiger partial charge in [0.15, 0.2) is 0 Å². The molecule has 1 nitrogen and oxygen atoms in total. The molecule has 0 amide bonds. The van der Waals surface area contributed by atoms with Crippen LogP contribution in [0.4, 0.5) is 0 Å². The van der Waals surface area contributed by atoms with Gasteiger partial charge in [0.1, 0.15) is 5.75 Å². The molecule has 0 aliphatic rings. The summed E-state index contributed by atoms with van der Waals surface area (Å²) < 4.78 is 6.47. The smallest absolute Gasteiger partial charge is 0.119 e. The summed E-state index contributed by atoms with van der Waals surface area (Å²) in [5.74, 6) is 1.51. The number of halogens is 1. The molecule has 0 spiro atoms. The highest BCUT2D eigenvalue weighted by molar-refractivity contribution is 14.1. The zero-order chi connectivity index (χ0) is 9.14. The van der Waals surface area contributed by atoms with Crippen LogP contribution in [-0.2, 0) is 0 Å². The van der Waals surface area contributed by atoms with Gasteiger partial charge in [0, 0.05) is 3.57 Å². The van der Waals surface area contributed by atoms with Gasteiger partial charge in [-0.3, -0.25) is 0 Å². The maximum absolute atomic E-state index is 5.16. The van der Waals surface area contributed by atoms with Crippen molar-refractivity contribution in [2.24, 2.45) is 0 Å². The van der Waals surface area contributed by atoms with Crippen molar-refractivity contribution in [3.8, 4) is 5.75 Å². The summed E-state index contributed by atoms with van der Waals surface area (Å²) in [5, 5.41) is 0. The Balaban J connectivity index is 3.08. The first-order valence-electron chi connectivity index (χ1n) is 3.98. The van der Waals surface area contributed by atoms with E-state index in [1.54, 1.807) is 7.11 Å². The summed E-state index contributed by atoms with van der Waals surface area (Å²) in [5.41, 5.74) is 1.36. The highest BCUT2D eigenvalue weighted by Crippen LogP contribution is 2.25. The van der Waals surface area contributed by atoms with Gasteiger partial charge >= 0.3 is 0 Å². The monoisotopic (exact) mass is 276 g/mol. The lowest BCUT2D eigenvalue weighted by molar-refractivity contribution is 0.414. The van der Waals surface area contributed by atoms with E-state index in [0.717, 1.165) is 5.75 Å². The zero-order valence-electron chi connectivity index (χ0n) is 7.60. The third-order valence-electron chi connectivity index (χ3n) is 1.83. The van der Waals surface area contributed by atoms with Crippen LogP contribution in [0.15, 0.2) is 18.2 Å². The molecule has 0 heterocycles. The molecule has 0 fully saturated rings. The fourth-order valence-electron chi connectivity index (χ4n) is 1.09. The van der Waals surface area contributed by atoms with Crippen LogP contribution in [0.2, 0.25) is 0 Å². The molecule has 0 aromatic heterocycles. The Morgan fingerprint density at radius 3 is 2.50 bits per heavy atom. The van der Waals surface area contributed by atoms with Gasteiger partial charge in [0.05, 0.1) is 7.11 Å². The van der Waals surface area contributed by atoms with Crippen LogP contribution in [0.25, 0.3) is 0 Å². The molecule has 0 radical (unpaired) electrons. The third-order valence-corrected chi connectivity index (χ3v) is 2.81. The average Bonchev–Trinajstić information content (AvgIpc) is 2.05. The second kappa shape index (κ2) is 4.12. The van der Waals surface area contributed by atoms with Crippen LogP contribution in [0, 0.1) is 3.57 Å². The van der Waals surface area contributed by atoms with Gasteiger partial charge in [-0.2, -0.15) is 0 Å². The lowest BCUT2D eigenvalue weighted by atomic mass is 10.0. The van der Waals surface area contributed by atoms with E-state index >= 15 is 0 Å². The van der Waals surface area contributed by atoms with Crippen molar-refractivity contribution in [2.75, 3.05) is 7.11 Å². The van der Waals surface area contributed by atoms with Crippen molar-refractivity contribution in [2.45, 2.75) is 19.8 Å². The van der Waals surface area contributed by atoms with E-state index in [0.29, 0.717) is 5.92 Å². The largest absolute Gasteiger partial charge is 0.497 e. The summed E-state index contributed by atoms with van der Waals surface area (Å²) >= 11 is 2.35. The Morgan fingerprint density at radius 2 is 2.00 bits per heavy atom. The summed E-state index contributed by atoms with van der Waals surface area (Å²) in [6, 6.07) is 6.19. The van der Waals surface area contributed by atoms with Gasteiger partial charge < -0.3 is 4.74 Å². The van der Waals surface area contributed by atoms with Crippen LogP contribution >= 0.6 is 22.6 Å². The Labute approximate surface area is 87.3 Å². The molecule has 2 heteroatoms. The van der Waals surface area contributed by atoms with E-state index in [-0.39, 0.29) is 0 Å². The molecular weight excluding hydrogens is 263 g/mol. The van der Waals surface area contributed by atoms with E-state index < -0.39 is 0 Å². The predicted molar refractivity (Wildman–Crippen MR) is 59.8 cm³/mol. The first kappa shape index (κ1) is 9.84. The predicted octanol–water partition coefficient (Wildman–Crippen LogP) is 3.42. The number of hydrogen-bond donors (Lipinski definition) is 0. The van der Waals surface area contributed by atoms with Gasteiger partial charge in [0.2, 0.25) is 0 Å². The van der Waals surface area contributed by atoms with Gasteiger partial charge in [-0.15, -0.1) is 0 Å². The van der Waals surface area contributed by atoms with Crippen molar-refractivity contribution in [3.05, 3.63) is 27.3 Å². The second-order valence-electron chi connectivity index (χ2n) is 3.04. The number of rotatable bonds is 2. The zero-order valence-corrected chi connectivity index (χ0v) is 9.75. The molecule has 0 saturated carbocycles. The molecule has 12 heavy (non-hydrogen) atoms. The Morgan fingerprint density at radius 1 is 1.33 bits per heavy atom. The maximum atomic E-state index is 5.16. The number of methoxy groups -OCH3 is 1. The molecule has 1 rings (SSSR count). The van der Waals surface area contributed by atoms with Crippen LogP contribution in [0.3, 0.4) is 0 Å². The minimum Gasteiger partial charge on any atom is -0.497 e. The molecule has 0 bridgehead atoms.